The number of piperidine rings is 1. The second-order valence-corrected chi connectivity index (χ2v) is 11.1. The highest BCUT2D eigenvalue weighted by molar-refractivity contribution is 7.89. The zero-order valence-electron chi connectivity index (χ0n) is 20.0. The number of likely N-dealkylation sites (tertiary alicyclic amines) is 1. The SMILES string of the molecule is COc1ccc(NC(=O)CN2CCC(CCc3ccc(C)cc3)CC2)cc1S(=O)(=O)N(C)C. The minimum atomic E-state index is -3.69. The van der Waals surface area contributed by atoms with Crippen LogP contribution in [0.2, 0.25) is 0 Å². The Morgan fingerprint density at radius 1 is 1.12 bits per heavy atom. The summed E-state index contributed by atoms with van der Waals surface area (Å²) in [5.41, 5.74) is 3.11. The van der Waals surface area contributed by atoms with E-state index < -0.39 is 10.0 Å². The molecule has 8 heteroatoms. The number of aryl methyl sites for hydroxylation is 2. The molecule has 1 aliphatic rings. The van der Waals surface area contributed by atoms with Gasteiger partial charge in [-0.1, -0.05) is 29.8 Å². The van der Waals surface area contributed by atoms with E-state index in [2.05, 4.69) is 41.4 Å². The molecule has 180 valence electrons. The van der Waals surface area contributed by atoms with Crippen molar-refractivity contribution >= 4 is 21.6 Å². The normalized spacial score (nSPS) is 15.5. The summed E-state index contributed by atoms with van der Waals surface area (Å²) in [6.45, 7) is 4.20. The molecule has 7 nitrogen and oxygen atoms in total. The fourth-order valence-corrected chi connectivity index (χ4v) is 5.19. The third-order valence-electron chi connectivity index (χ3n) is 6.24. The number of nitrogens with zero attached hydrogens (tertiary/aromatic N) is 2. The summed E-state index contributed by atoms with van der Waals surface area (Å²) >= 11 is 0. The first-order valence-electron chi connectivity index (χ1n) is 11.4. The van der Waals surface area contributed by atoms with Crippen LogP contribution in [0.25, 0.3) is 0 Å². The smallest absolute Gasteiger partial charge is 0.246 e. The monoisotopic (exact) mass is 473 g/mol. The van der Waals surface area contributed by atoms with Gasteiger partial charge in [-0.25, -0.2) is 12.7 Å². The van der Waals surface area contributed by atoms with Crippen LogP contribution in [0.1, 0.15) is 30.4 Å². The number of hydrogen-bond donors (Lipinski definition) is 1. The third kappa shape index (κ3) is 6.79. The Kier molecular flexibility index (Phi) is 8.51. The van der Waals surface area contributed by atoms with Gasteiger partial charge in [0.05, 0.1) is 13.7 Å². The van der Waals surface area contributed by atoms with E-state index in [9.17, 15) is 13.2 Å². The molecule has 1 aliphatic heterocycles. The zero-order chi connectivity index (χ0) is 24.0. The Labute approximate surface area is 197 Å². The molecule has 2 aromatic carbocycles. The van der Waals surface area contributed by atoms with Crippen LogP contribution in [0.15, 0.2) is 47.4 Å². The Morgan fingerprint density at radius 3 is 2.39 bits per heavy atom. The molecule has 1 saturated heterocycles. The lowest BCUT2D eigenvalue weighted by atomic mass is 9.90. The van der Waals surface area contributed by atoms with E-state index in [1.165, 1.54) is 44.8 Å². The van der Waals surface area contributed by atoms with E-state index in [4.69, 9.17) is 4.74 Å². The van der Waals surface area contributed by atoms with Crippen molar-refractivity contribution in [1.82, 2.24) is 9.21 Å². The molecule has 0 saturated carbocycles. The molecule has 1 N–H and O–H groups in total. The Balaban J connectivity index is 1.50. The quantitative estimate of drug-likeness (QED) is 0.603. The van der Waals surface area contributed by atoms with Gasteiger partial charge in [0.1, 0.15) is 10.6 Å². The summed E-state index contributed by atoms with van der Waals surface area (Å²) in [5, 5.41) is 2.84. The van der Waals surface area contributed by atoms with Gasteiger partial charge in [-0.2, -0.15) is 0 Å². The molecule has 1 amide bonds. The van der Waals surface area contributed by atoms with Crippen molar-refractivity contribution in [3.05, 3.63) is 53.6 Å². The fourth-order valence-electron chi connectivity index (χ4n) is 4.12. The number of anilines is 1. The Bertz CT molecular complexity index is 1040. The van der Waals surface area contributed by atoms with Gasteiger partial charge in [0.25, 0.3) is 0 Å². The summed E-state index contributed by atoms with van der Waals surface area (Å²) in [6.07, 6.45) is 4.46. The molecule has 0 bridgehead atoms. The van der Waals surface area contributed by atoms with E-state index >= 15 is 0 Å². The lowest BCUT2D eigenvalue weighted by molar-refractivity contribution is -0.117. The molecule has 0 unspecified atom stereocenters. The van der Waals surface area contributed by atoms with E-state index in [0.29, 0.717) is 18.2 Å². The van der Waals surface area contributed by atoms with Crippen LogP contribution in [0.3, 0.4) is 0 Å². The van der Waals surface area contributed by atoms with Crippen LogP contribution in [0.4, 0.5) is 5.69 Å². The molecule has 0 spiro atoms. The van der Waals surface area contributed by atoms with Crippen molar-refractivity contribution in [2.24, 2.45) is 5.92 Å². The van der Waals surface area contributed by atoms with Gasteiger partial charge in [0.15, 0.2) is 0 Å². The van der Waals surface area contributed by atoms with E-state index in [0.717, 1.165) is 36.7 Å². The van der Waals surface area contributed by atoms with Crippen LogP contribution in [-0.4, -0.2) is 64.4 Å². The Hall–Kier alpha value is -2.42. The van der Waals surface area contributed by atoms with Gasteiger partial charge in [-0.05, 0) is 75.4 Å². The lowest BCUT2D eigenvalue weighted by Crippen LogP contribution is -2.39. The topological polar surface area (TPSA) is 79.0 Å². The molecule has 0 radical (unpaired) electrons. The Morgan fingerprint density at radius 2 is 1.79 bits per heavy atom. The summed E-state index contributed by atoms with van der Waals surface area (Å²) in [6, 6.07) is 13.4. The number of ether oxygens (including phenoxy) is 1. The van der Waals surface area contributed by atoms with Crippen molar-refractivity contribution in [2.75, 3.05) is 46.2 Å². The summed E-state index contributed by atoms with van der Waals surface area (Å²) in [4.78, 5) is 14.8. The van der Waals surface area contributed by atoms with Crippen LogP contribution in [0.5, 0.6) is 5.75 Å². The zero-order valence-corrected chi connectivity index (χ0v) is 20.8. The standard InChI is InChI=1S/C25H35N3O4S/c1-19-5-7-20(8-6-19)9-10-21-13-15-28(16-14-21)18-25(29)26-22-11-12-23(32-4)24(17-22)33(30,31)27(2)3/h5-8,11-12,17,21H,9-10,13-16,18H2,1-4H3,(H,26,29). The maximum absolute atomic E-state index is 12.6. The van der Waals surface area contributed by atoms with Crippen molar-refractivity contribution in [3.63, 3.8) is 0 Å². The highest BCUT2D eigenvalue weighted by Crippen LogP contribution is 2.29. The molecule has 0 aromatic heterocycles. The molecule has 3 rings (SSSR count). The van der Waals surface area contributed by atoms with Gasteiger partial charge in [0, 0.05) is 19.8 Å². The first kappa shape index (κ1) is 25.2. The summed E-state index contributed by atoms with van der Waals surface area (Å²) < 4.78 is 31.5. The van der Waals surface area contributed by atoms with Crippen molar-refractivity contribution in [2.45, 2.75) is 37.5 Å². The van der Waals surface area contributed by atoms with E-state index in [1.807, 2.05) is 0 Å². The first-order chi connectivity index (χ1) is 15.7. The molecular formula is C25H35N3O4S. The fraction of sp³-hybridized carbons (Fsp3) is 0.480. The number of sulfonamides is 1. The molecule has 2 aromatic rings. The highest BCUT2D eigenvalue weighted by Gasteiger charge is 2.24. The summed E-state index contributed by atoms with van der Waals surface area (Å²) in [5.74, 6) is 0.784. The van der Waals surface area contributed by atoms with Crippen molar-refractivity contribution in [1.29, 1.82) is 0 Å². The predicted octanol–water partition coefficient (Wildman–Crippen LogP) is 3.54. The number of methoxy groups -OCH3 is 1. The van der Waals surface area contributed by atoms with Gasteiger partial charge in [0.2, 0.25) is 15.9 Å². The summed E-state index contributed by atoms with van der Waals surface area (Å²) in [7, 11) is 0.656. The number of nitrogens with one attached hydrogen (secondary N) is 1. The maximum atomic E-state index is 12.6. The highest BCUT2D eigenvalue weighted by atomic mass is 32.2. The molecule has 33 heavy (non-hydrogen) atoms. The number of benzene rings is 2. The molecule has 0 atom stereocenters. The second kappa shape index (κ2) is 11.1. The third-order valence-corrected chi connectivity index (χ3v) is 8.08. The van der Waals surface area contributed by atoms with Gasteiger partial charge in [-0.15, -0.1) is 0 Å². The van der Waals surface area contributed by atoms with Gasteiger partial charge >= 0.3 is 0 Å². The van der Waals surface area contributed by atoms with Crippen LogP contribution in [-0.2, 0) is 21.2 Å². The number of amides is 1. The number of carbonyl (C=O) groups excluding carboxylic acids is 1. The average Bonchev–Trinajstić information content (AvgIpc) is 2.79. The largest absolute Gasteiger partial charge is 0.495 e. The molecular weight excluding hydrogens is 438 g/mol. The van der Waals surface area contributed by atoms with Crippen LogP contribution in [0, 0.1) is 12.8 Å². The van der Waals surface area contributed by atoms with Crippen LogP contribution >= 0.6 is 0 Å². The van der Waals surface area contributed by atoms with E-state index in [-0.39, 0.29) is 16.6 Å². The van der Waals surface area contributed by atoms with Gasteiger partial charge < -0.3 is 10.1 Å². The number of carbonyl (C=O) groups is 1. The minimum Gasteiger partial charge on any atom is -0.495 e. The van der Waals surface area contributed by atoms with E-state index in [1.54, 1.807) is 12.1 Å². The number of hydrogen-bond acceptors (Lipinski definition) is 5. The lowest BCUT2D eigenvalue weighted by Gasteiger charge is -2.31. The molecule has 1 fully saturated rings. The van der Waals surface area contributed by atoms with Crippen molar-refractivity contribution in [3.8, 4) is 5.75 Å². The number of rotatable bonds is 9. The molecule has 0 aliphatic carbocycles. The second-order valence-electron chi connectivity index (χ2n) is 8.95. The first-order valence-corrected chi connectivity index (χ1v) is 12.8. The predicted molar refractivity (Wildman–Crippen MR) is 131 cm³/mol. The van der Waals surface area contributed by atoms with Crippen LogP contribution < -0.4 is 10.1 Å². The minimum absolute atomic E-state index is 0.0298. The average molecular weight is 474 g/mol. The van der Waals surface area contributed by atoms with Gasteiger partial charge in [-0.3, -0.25) is 9.69 Å². The molecule has 1 heterocycles. The van der Waals surface area contributed by atoms with Crippen molar-refractivity contribution < 1.29 is 17.9 Å². The maximum Gasteiger partial charge on any atom is 0.246 e.